The molecule has 0 aliphatic carbocycles. The third-order valence-electron chi connectivity index (χ3n) is 1.23. The molecule has 0 aliphatic heterocycles. The molecule has 0 unspecified atom stereocenters. The highest BCUT2D eigenvalue weighted by Crippen LogP contribution is 2.16. The monoisotopic (exact) mass is 196 g/mol. The molecule has 0 atom stereocenters. The van der Waals surface area contributed by atoms with Crippen LogP contribution in [0.5, 0.6) is 11.5 Å². The first kappa shape index (κ1) is 12.0. The van der Waals surface area contributed by atoms with Crippen molar-refractivity contribution in [1.29, 1.82) is 0 Å². The number of phenols is 1. The topological polar surface area (TPSA) is 66.8 Å². The molecule has 0 fully saturated rings. The lowest BCUT2D eigenvalue weighted by Crippen LogP contribution is -1.82. The van der Waals surface area contributed by atoms with Crippen LogP contribution in [0, 0.1) is 0 Å². The summed E-state index contributed by atoms with van der Waals surface area (Å²) in [6, 6.07) is 6.66. The molecule has 0 aliphatic rings. The predicted octanol–water partition coefficient (Wildman–Crippen LogP) is 1.66. The van der Waals surface area contributed by atoms with Crippen LogP contribution in [-0.4, -0.2) is 23.3 Å². The number of hydrogen-bond donors (Lipinski definition) is 2. The first-order valence-electron chi connectivity index (χ1n) is 3.78. The van der Waals surface area contributed by atoms with Crippen molar-refractivity contribution < 1.29 is 19.7 Å². The largest absolute Gasteiger partial charge is 0.508 e. The number of aromatic hydroxyl groups is 1. The highest BCUT2D eigenvalue weighted by Gasteiger charge is 1.88. The van der Waals surface area contributed by atoms with Gasteiger partial charge in [0.25, 0.3) is 0 Å². The van der Waals surface area contributed by atoms with Crippen molar-refractivity contribution in [2.24, 2.45) is 0 Å². The smallest absolute Gasteiger partial charge is 0.327 e. The van der Waals surface area contributed by atoms with E-state index in [9.17, 15) is 4.79 Å². The van der Waals surface area contributed by atoms with E-state index in [0.717, 1.165) is 6.08 Å². The Balaban J connectivity index is 0.000000292. The molecule has 0 spiro atoms. The minimum absolute atomic E-state index is 0.231. The molecule has 1 aromatic carbocycles. The van der Waals surface area contributed by atoms with E-state index in [2.05, 4.69) is 6.58 Å². The number of carbonyl (C=O) groups is 1. The number of ether oxygens (including phenoxy) is 1. The lowest BCUT2D eigenvalue weighted by atomic mass is 10.3. The number of carboxylic acids is 1. The SMILES string of the molecule is C=CC(=O)O.COc1cccc(O)c1. The van der Waals surface area contributed by atoms with E-state index in [4.69, 9.17) is 14.9 Å². The predicted molar refractivity (Wildman–Crippen MR) is 52.5 cm³/mol. The van der Waals surface area contributed by atoms with Crippen LogP contribution in [0.4, 0.5) is 0 Å². The second kappa shape index (κ2) is 6.54. The van der Waals surface area contributed by atoms with Crippen molar-refractivity contribution in [3.05, 3.63) is 36.9 Å². The normalized spacial score (nSPS) is 8.07. The third kappa shape index (κ3) is 5.65. The molecule has 0 radical (unpaired) electrons. The minimum Gasteiger partial charge on any atom is -0.508 e. The van der Waals surface area contributed by atoms with Crippen molar-refractivity contribution in [2.75, 3.05) is 7.11 Å². The van der Waals surface area contributed by atoms with Gasteiger partial charge < -0.3 is 14.9 Å². The molecule has 0 saturated heterocycles. The van der Waals surface area contributed by atoms with Crippen LogP contribution in [0.15, 0.2) is 36.9 Å². The number of phenolic OH excluding ortho intramolecular Hbond substituents is 1. The molecular weight excluding hydrogens is 184 g/mol. The summed E-state index contributed by atoms with van der Waals surface area (Å²) in [5.41, 5.74) is 0. The number of carboxylic acid groups (broad SMARTS) is 1. The number of aliphatic carboxylic acids is 1. The molecule has 14 heavy (non-hydrogen) atoms. The Kier molecular flexibility index (Phi) is 5.62. The summed E-state index contributed by atoms with van der Waals surface area (Å²) < 4.78 is 4.84. The lowest BCUT2D eigenvalue weighted by Gasteiger charge is -1.97. The Morgan fingerprint density at radius 1 is 1.57 bits per heavy atom. The first-order chi connectivity index (χ1) is 6.60. The summed E-state index contributed by atoms with van der Waals surface area (Å²) >= 11 is 0. The van der Waals surface area contributed by atoms with Gasteiger partial charge in [-0.25, -0.2) is 4.79 Å². The molecule has 0 aromatic heterocycles. The van der Waals surface area contributed by atoms with Gasteiger partial charge in [-0.2, -0.15) is 0 Å². The molecule has 4 nitrogen and oxygen atoms in total. The lowest BCUT2D eigenvalue weighted by molar-refractivity contribution is -0.131. The quantitative estimate of drug-likeness (QED) is 0.706. The number of rotatable bonds is 2. The fourth-order valence-corrected chi connectivity index (χ4v) is 0.610. The van der Waals surface area contributed by atoms with Gasteiger partial charge in [-0.3, -0.25) is 0 Å². The molecule has 0 heterocycles. The van der Waals surface area contributed by atoms with Gasteiger partial charge >= 0.3 is 5.97 Å². The van der Waals surface area contributed by atoms with Crippen molar-refractivity contribution in [1.82, 2.24) is 0 Å². The van der Waals surface area contributed by atoms with Crippen LogP contribution in [0.3, 0.4) is 0 Å². The Morgan fingerprint density at radius 2 is 2.14 bits per heavy atom. The van der Waals surface area contributed by atoms with Crippen LogP contribution in [-0.2, 0) is 4.79 Å². The highest BCUT2D eigenvalue weighted by molar-refractivity contribution is 5.78. The Morgan fingerprint density at radius 3 is 2.43 bits per heavy atom. The van der Waals surface area contributed by atoms with E-state index < -0.39 is 5.97 Å². The Labute approximate surface area is 82.1 Å². The summed E-state index contributed by atoms with van der Waals surface area (Å²) in [4.78, 5) is 9.25. The number of methoxy groups -OCH3 is 1. The molecule has 2 N–H and O–H groups in total. The van der Waals surface area contributed by atoms with E-state index in [0.29, 0.717) is 5.75 Å². The number of benzene rings is 1. The standard InChI is InChI=1S/C7H8O2.C3H4O2/c1-9-7-4-2-3-6(8)5-7;1-2-3(4)5/h2-5,8H,1H3;2H,1H2,(H,4,5). The summed E-state index contributed by atoms with van der Waals surface area (Å²) in [5.74, 6) is -0.0747. The van der Waals surface area contributed by atoms with E-state index in [1.807, 2.05) is 0 Å². The summed E-state index contributed by atoms with van der Waals surface area (Å²) in [5, 5.41) is 16.5. The van der Waals surface area contributed by atoms with Crippen LogP contribution in [0.2, 0.25) is 0 Å². The van der Waals surface area contributed by atoms with Crippen molar-refractivity contribution in [3.63, 3.8) is 0 Å². The fourth-order valence-electron chi connectivity index (χ4n) is 0.610. The van der Waals surface area contributed by atoms with Crippen LogP contribution >= 0.6 is 0 Å². The van der Waals surface area contributed by atoms with Gasteiger partial charge in [0.05, 0.1) is 7.11 Å². The maximum Gasteiger partial charge on any atom is 0.327 e. The maximum absolute atomic E-state index is 9.25. The molecule has 0 bridgehead atoms. The molecule has 1 aromatic rings. The van der Waals surface area contributed by atoms with E-state index in [1.165, 1.54) is 0 Å². The van der Waals surface area contributed by atoms with Gasteiger partial charge in [-0.15, -0.1) is 0 Å². The second-order valence-electron chi connectivity index (χ2n) is 2.24. The zero-order valence-corrected chi connectivity index (χ0v) is 7.80. The number of hydrogen-bond acceptors (Lipinski definition) is 3. The Bertz CT molecular complexity index is 307. The van der Waals surface area contributed by atoms with E-state index >= 15 is 0 Å². The van der Waals surface area contributed by atoms with Crippen molar-refractivity contribution in [3.8, 4) is 11.5 Å². The highest BCUT2D eigenvalue weighted by atomic mass is 16.5. The average Bonchev–Trinajstić information content (AvgIpc) is 2.18. The first-order valence-corrected chi connectivity index (χ1v) is 3.78. The van der Waals surface area contributed by atoms with Gasteiger partial charge in [-0.05, 0) is 12.1 Å². The molecule has 0 saturated carbocycles. The van der Waals surface area contributed by atoms with Gasteiger partial charge in [0.1, 0.15) is 11.5 Å². The second-order valence-corrected chi connectivity index (χ2v) is 2.24. The van der Waals surface area contributed by atoms with Gasteiger partial charge in [0, 0.05) is 12.1 Å². The van der Waals surface area contributed by atoms with Crippen molar-refractivity contribution >= 4 is 5.97 Å². The Hall–Kier alpha value is -1.97. The molecular formula is C10H12O4. The minimum atomic E-state index is -0.981. The molecule has 4 heteroatoms. The summed E-state index contributed by atoms with van der Waals surface area (Å²) in [7, 11) is 1.56. The fraction of sp³-hybridized carbons (Fsp3) is 0.100. The third-order valence-corrected chi connectivity index (χ3v) is 1.23. The van der Waals surface area contributed by atoms with Crippen LogP contribution in [0.25, 0.3) is 0 Å². The molecule has 1 rings (SSSR count). The average molecular weight is 196 g/mol. The van der Waals surface area contributed by atoms with Gasteiger partial charge in [-0.1, -0.05) is 12.6 Å². The van der Waals surface area contributed by atoms with Gasteiger partial charge in [0.15, 0.2) is 0 Å². The van der Waals surface area contributed by atoms with Crippen LogP contribution < -0.4 is 4.74 Å². The van der Waals surface area contributed by atoms with Crippen LogP contribution in [0.1, 0.15) is 0 Å². The maximum atomic E-state index is 9.25. The van der Waals surface area contributed by atoms with E-state index in [1.54, 1.807) is 31.4 Å². The summed E-state index contributed by atoms with van der Waals surface area (Å²) in [6.45, 7) is 2.96. The molecule has 76 valence electrons. The zero-order valence-electron chi connectivity index (χ0n) is 7.80. The molecule has 0 amide bonds. The summed E-state index contributed by atoms with van der Waals surface area (Å²) in [6.07, 6.45) is 0.833. The van der Waals surface area contributed by atoms with Crippen molar-refractivity contribution in [2.45, 2.75) is 0 Å². The zero-order chi connectivity index (χ0) is 11.0. The van der Waals surface area contributed by atoms with E-state index in [-0.39, 0.29) is 5.75 Å². The van der Waals surface area contributed by atoms with Gasteiger partial charge in [0.2, 0.25) is 0 Å².